The number of carbonyl (C=O) groups excluding carboxylic acids is 2. The second-order valence-corrected chi connectivity index (χ2v) is 14.2. The summed E-state index contributed by atoms with van der Waals surface area (Å²) in [6, 6.07) is 15.1. The molecule has 4 fully saturated rings. The summed E-state index contributed by atoms with van der Waals surface area (Å²) in [4.78, 5) is 32.5. The number of hydrogen-bond donors (Lipinski definition) is 2. The molecular weight excluding hydrogens is 571 g/mol. The lowest BCUT2D eigenvalue weighted by Gasteiger charge is -2.64. The van der Waals surface area contributed by atoms with Gasteiger partial charge in [-0.05, 0) is 88.3 Å². The number of hydrogen-bond acceptors (Lipinski definition) is 8. The fourth-order valence-electron chi connectivity index (χ4n) is 7.26. The molecule has 3 saturated carbocycles. The van der Waals surface area contributed by atoms with E-state index in [0.717, 1.165) is 24.0 Å². The highest BCUT2D eigenvalue weighted by Gasteiger charge is 2.68. The lowest BCUT2D eigenvalue weighted by molar-refractivity contribution is -0.199. The van der Waals surface area contributed by atoms with E-state index < -0.39 is 30.2 Å². The third-order valence-electron chi connectivity index (χ3n) is 9.77. The highest BCUT2D eigenvalue weighted by molar-refractivity contribution is 6.48. The first kappa shape index (κ1) is 33.0. The van der Waals surface area contributed by atoms with Crippen molar-refractivity contribution in [2.24, 2.45) is 17.3 Å². The maximum atomic E-state index is 13.7. The third-order valence-corrected chi connectivity index (χ3v) is 9.77. The summed E-state index contributed by atoms with van der Waals surface area (Å²) in [5, 5.41) is 3.15. The molecule has 2 aromatic carbocycles. The van der Waals surface area contributed by atoms with Crippen molar-refractivity contribution in [3.8, 4) is 5.75 Å². The van der Waals surface area contributed by atoms with E-state index in [1.807, 2.05) is 57.2 Å². The Labute approximate surface area is 267 Å². The summed E-state index contributed by atoms with van der Waals surface area (Å²) >= 11 is 0. The van der Waals surface area contributed by atoms with Crippen molar-refractivity contribution < 1.29 is 33.2 Å². The van der Waals surface area contributed by atoms with Crippen LogP contribution in [0.2, 0.25) is 0 Å². The van der Waals surface area contributed by atoms with E-state index in [4.69, 9.17) is 23.6 Å². The molecular formula is C35H47BN2O7. The molecule has 0 spiro atoms. The summed E-state index contributed by atoms with van der Waals surface area (Å²) in [6.07, 6.45) is 3.92. The van der Waals surface area contributed by atoms with Gasteiger partial charge in [-0.1, -0.05) is 62.4 Å². The van der Waals surface area contributed by atoms with Crippen LogP contribution in [0, 0.1) is 17.3 Å². The van der Waals surface area contributed by atoms with Gasteiger partial charge in [-0.25, -0.2) is 4.79 Å². The van der Waals surface area contributed by atoms with Gasteiger partial charge in [0.1, 0.15) is 22.6 Å². The van der Waals surface area contributed by atoms with Gasteiger partial charge in [0.25, 0.3) is 5.91 Å². The van der Waals surface area contributed by atoms with E-state index in [-0.39, 0.29) is 29.7 Å². The number of esters is 1. The highest BCUT2D eigenvalue weighted by atomic mass is 16.7. The van der Waals surface area contributed by atoms with Crippen molar-refractivity contribution in [3.05, 3.63) is 77.0 Å². The molecule has 1 aliphatic heterocycles. The number of ether oxygens (including phenoxy) is 2. The van der Waals surface area contributed by atoms with E-state index in [1.54, 1.807) is 25.1 Å². The molecule has 1 amide bonds. The Kier molecular flexibility index (Phi) is 9.41. The smallest absolute Gasteiger partial charge is 0.482 e. The van der Waals surface area contributed by atoms with Crippen LogP contribution in [-0.2, 0) is 36.7 Å². The van der Waals surface area contributed by atoms with E-state index in [2.05, 4.69) is 31.6 Å². The monoisotopic (exact) mass is 618 g/mol. The normalized spacial score (nSPS) is 25.9. The molecule has 4 aliphatic rings. The first-order chi connectivity index (χ1) is 21.3. The standard InChI is InChI=1S/C35H47BN2O7/c1-9-26(38-42-21-22-14-11-10-12-15-22)31(39)37-29(36-44-28-20-24-19-27(34(24,5)6)35(28,7)45-36)18-23-16-13-17-25(30(23)41-8)32(40)43-33(2,3)4/h9-17,24,27-29,38H,18-21H2,1-8H3,(H,37,39)/t24?,27?,28?,29-,35?/m0/s1. The second kappa shape index (κ2) is 12.8. The fraction of sp³-hybridized carbons (Fsp3) is 0.543. The second-order valence-electron chi connectivity index (χ2n) is 14.2. The van der Waals surface area contributed by atoms with Gasteiger partial charge in [-0.2, -0.15) is 0 Å². The summed E-state index contributed by atoms with van der Waals surface area (Å²) in [5.74, 6) is -0.108. The molecule has 6 rings (SSSR count). The maximum absolute atomic E-state index is 13.7. The van der Waals surface area contributed by atoms with E-state index >= 15 is 0 Å². The van der Waals surface area contributed by atoms with E-state index in [9.17, 15) is 9.59 Å². The summed E-state index contributed by atoms with van der Waals surface area (Å²) in [5.41, 5.74) is 4.12. The Morgan fingerprint density at radius 3 is 2.47 bits per heavy atom. The van der Waals surface area contributed by atoms with Gasteiger partial charge in [0.05, 0.1) is 31.4 Å². The lowest BCUT2D eigenvalue weighted by atomic mass is 9.43. The Hall–Kier alpha value is -3.34. The van der Waals surface area contributed by atoms with Crippen LogP contribution in [0.1, 0.15) is 82.8 Å². The Morgan fingerprint density at radius 2 is 1.82 bits per heavy atom. The predicted octanol–water partition coefficient (Wildman–Crippen LogP) is 5.57. The number of para-hydroxylation sites is 1. The Morgan fingerprint density at radius 1 is 1.09 bits per heavy atom. The van der Waals surface area contributed by atoms with Crippen molar-refractivity contribution in [2.45, 2.75) is 97.6 Å². The summed E-state index contributed by atoms with van der Waals surface area (Å²) < 4.78 is 24.9. The molecule has 3 aliphatic carbocycles. The van der Waals surface area contributed by atoms with E-state index in [0.29, 0.717) is 29.6 Å². The van der Waals surface area contributed by atoms with Crippen molar-refractivity contribution in [3.63, 3.8) is 0 Å². The Bertz CT molecular complexity index is 1420. The van der Waals surface area contributed by atoms with Gasteiger partial charge in [0, 0.05) is 0 Å². The molecule has 2 aromatic rings. The van der Waals surface area contributed by atoms with Crippen molar-refractivity contribution in [1.82, 2.24) is 10.8 Å². The molecule has 0 radical (unpaired) electrons. The largest absolute Gasteiger partial charge is 0.496 e. The molecule has 45 heavy (non-hydrogen) atoms. The van der Waals surface area contributed by atoms with Crippen LogP contribution in [-0.4, -0.2) is 49.4 Å². The van der Waals surface area contributed by atoms with Crippen LogP contribution >= 0.6 is 0 Å². The quantitative estimate of drug-likeness (QED) is 0.146. The molecule has 242 valence electrons. The highest BCUT2D eigenvalue weighted by Crippen LogP contribution is 2.65. The predicted molar refractivity (Wildman–Crippen MR) is 172 cm³/mol. The van der Waals surface area contributed by atoms with Crippen molar-refractivity contribution in [1.29, 1.82) is 0 Å². The molecule has 2 bridgehead atoms. The SMILES string of the molecule is CC=C(NOCc1ccccc1)C(=O)N[C@@H](Cc1cccc(C(=O)OC(C)(C)C)c1OC)B1OC2CC3CC(C3(C)C)C2(C)O1. The first-order valence-corrected chi connectivity index (χ1v) is 15.9. The van der Waals surface area contributed by atoms with Gasteiger partial charge in [0.15, 0.2) is 0 Å². The molecule has 0 aromatic heterocycles. The number of allylic oxidation sites excluding steroid dienone is 1. The van der Waals surface area contributed by atoms with Crippen molar-refractivity contribution in [2.75, 3.05) is 7.11 Å². The summed E-state index contributed by atoms with van der Waals surface area (Å²) in [7, 11) is 0.817. The Balaban J connectivity index is 1.39. The number of nitrogens with one attached hydrogen (secondary N) is 2. The fourth-order valence-corrected chi connectivity index (χ4v) is 7.26. The first-order valence-electron chi connectivity index (χ1n) is 15.9. The topological polar surface area (TPSA) is 104 Å². The average Bonchev–Trinajstić information content (AvgIpc) is 3.35. The zero-order valence-corrected chi connectivity index (χ0v) is 27.8. The number of carbonyl (C=O) groups is 2. The molecule has 10 heteroatoms. The van der Waals surface area contributed by atoms with Crippen LogP contribution in [0.5, 0.6) is 5.75 Å². The molecule has 2 N–H and O–H groups in total. The molecule has 4 unspecified atom stereocenters. The van der Waals surface area contributed by atoms with Crippen molar-refractivity contribution >= 4 is 19.0 Å². The maximum Gasteiger partial charge on any atom is 0.482 e. The van der Waals surface area contributed by atoms with Gasteiger partial charge < -0.3 is 24.1 Å². The van der Waals surface area contributed by atoms with Crippen LogP contribution in [0.3, 0.4) is 0 Å². The zero-order valence-electron chi connectivity index (χ0n) is 27.8. The minimum absolute atomic E-state index is 0.0674. The van der Waals surface area contributed by atoms with Crippen LogP contribution in [0.25, 0.3) is 0 Å². The number of benzene rings is 2. The molecule has 1 heterocycles. The van der Waals surface area contributed by atoms with Gasteiger partial charge in [0.2, 0.25) is 0 Å². The van der Waals surface area contributed by atoms with Crippen LogP contribution < -0.4 is 15.5 Å². The number of amides is 1. The molecule has 1 saturated heterocycles. The number of hydroxylamine groups is 1. The summed E-state index contributed by atoms with van der Waals surface area (Å²) in [6.45, 7) is 14.3. The molecule has 9 nitrogen and oxygen atoms in total. The van der Waals surface area contributed by atoms with Gasteiger partial charge in [-0.3, -0.25) is 15.1 Å². The third kappa shape index (κ3) is 6.78. The van der Waals surface area contributed by atoms with E-state index in [1.165, 1.54) is 7.11 Å². The number of rotatable bonds is 11. The minimum atomic E-state index is -0.711. The lowest BCUT2D eigenvalue weighted by Crippen LogP contribution is -2.65. The van der Waals surface area contributed by atoms with Crippen LogP contribution in [0.4, 0.5) is 0 Å². The molecule has 5 atom stereocenters. The minimum Gasteiger partial charge on any atom is -0.496 e. The number of methoxy groups -OCH3 is 1. The van der Waals surface area contributed by atoms with Crippen LogP contribution in [0.15, 0.2) is 60.3 Å². The average molecular weight is 619 g/mol. The zero-order chi connectivity index (χ0) is 32.6. The van der Waals surface area contributed by atoms with Gasteiger partial charge in [-0.15, -0.1) is 0 Å². The van der Waals surface area contributed by atoms with Gasteiger partial charge >= 0.3 is 13.1 Å².